The van der Waals surface area contributed by atoms with Crippen LogP contribution >= 0.6 is 0 Å². The van der Waals surface area contributed by atoms with Crippen LogP contribution in [-0.2, 0) is 0 Å². The van der Waals surface area contributed by atoms with Gasteiger partial charge in [0.25, 0.3) is 5.91 Å². The van der Waals surface area contributed by atoms with Crippen molar-refractivity contribution in [3.8, 4) is 0 Å². The molecule has 1 N–H and O–H groups in total. The number of hydrogen-bond donors (Lipinski definition) is 1. The van der Waals surface area contributed by atoms with Crippen molar-refractivity contribution in [2.24, 2.45) is 0 Å². The maximum atomic E-state index is 13.3. The second kappa shape index (κ2) is 7.98. The van der Waals surface area contributed by atoms with Crippen LogP contribution in [0.5, 0.6) is 0 Å². The standard InChI is InChI=1S/C18H21FN6O2/c1-23(2)17-20-11-15(12-21-17)22-18(27)25-8-6-24(7-9-25)16(26)13-4-3-5-14(19)10-13/h3-5,10-12H,6-9H2,1-2H3,(H,22,27). The first-order valence-electron chi connectivity index (χ1n) is 8.54. The predicted molar refractivity (Wildman–Crippen MR) is 99.3 cm³/mol. The lowest BCUT2D eigenvalue weighted by Gasteiger charge is -2.34. The van der Waals surface area contributed by atoms with E-state index >= 15 is 0 Å². The lowest BCUT2D eigenvalue weighted by atomic mass is 10.2. The maximum absolute atomic E-state index is 13.3. The first-order valence-corrected chi connectivity index (χ1v) is 8.54. The molecule has 8 nitrogen and oxygen atoms in total. The largest absolute Gasteiger partial charge is 0.347 e. The Morgan fingerprint density at radius 3 is 2.30 bits per heavy atom. The number of carbonyl (C=O) groups excluding carboxylic acids is 2. The highest BCUT2D eigenvalue weighted by molar-refractivity contribution is 5.94. The zero-order valence-electron chi connectivity index (χ0n) is 15.2. The molecule has 0 aliphatic carbocycles. The molecule has 2 heterocycles. The summed E-state index contributed by atoms with van der Waals surface area (Å²) in [5.74, 6) is -0.124. The van der Waals surface area contributed by atoms with Gasteiger partial charge in [-0.3, -0.25) is 4.79 Å². The van der Waals surface area contributed by atoms with Gasteiger partial charge in [0.05, 0.1) is 18.1 Å². The van der Waals surface area contributed by atoms with Crippen LogP contribution in [0.4, 0.5) is 20.8 Å². The number of hydrogen-bond acceptors (Lipinski definition) is 5. The van der Waals surface area contributed by atoms with E-state index in [0.29, 0.717) is 43.4 Å². The minimum Gasteiger partial charge on any atom is -0.347 e. The van der Waals surface area contributed by atoms with Gasteiger partial charge in [0.2, 0.25) is 5.95 Å². The Morgan fingerprint density at radius 1 is 1.07 bits per heavy atom. The number of nitrogens with zero attached hydrogens (tertiary/aromatic N) is 5. The van der Waals surface area contributed by atoms with Crippen LogP contribution in [0.3, 0.4) is 0 Å². The van der Waals surface area contributed by atoms with E-state index in [1.54, 1.807) is 33.2 Å². The topological polar surface area (TPSA) is 81.7 Å². The SMILES string of the molecule is CN(C)c1ncc(NC(=O)N2CCN(C(=O)c3cccc(F)c3)CC2)cn1. The fourth-order valence-electron chi connectivity index (χ4n) is 2.74. The molecule has 0 atom stereocenters. The van der Waals surface area contributed by atoms with E-state index in [4.69, 9.17) is 0 Å². The van der Waals surface area contributed by atoms with Gasteiger partial charge >= 0.3 is 6.03 Å². The molecule has 0 radical (unpaired) electrons. The number of halogens is 1. The zero-order chi connectivity index (χ0) is 19.4. The molecule has 1 aromatic heterocycles. The summed E-state index contributed by atoms with van der Waals surface area (Å²) in [4.78, 5) is 38.1. The van der Waals surface area contributed by atoms with E-state index in [9.17, 15) is 14.0 Å². The number of piperazine rings is 1. The third-order valence-electron chi connectivity index (χ3n) is 4.22. The molecule has 1 aliphatic rings. The molecule has 142 valence electrons. The summed E-state index contributed by atoms with van der Waals surface area (Å²) in [7, 11) is 3.66. The van der Waals surface area contributed by atoms with Gasteiger partial charge in [0.15, 0.2) is 0 Å². The molecule has 1 fully saturated rings. The molecule has 0 spiro atoms. The van der Waals surface area contributed by atoms with Crippen molar-refractivity contribution in [2.45, 2.75) is 0 Å². The quantitative estimate of drug-likeness (QED) is 0.886. The minimum absolute atomic E-state index is 0.234. The third-order valence-corrected chi connectivity index (χ3v) is 4.22. The Hall–Kier alpha value is -3.23. The Bertz CT molecular complexity index is 819. The summed E-state index contributed by atoms with van der Waals surface area (Å²) in [6, 6.07) is 5.35. The van der Waals surface area contributed by atoms with E-state index < -0.39 is 5.82 Å². The van der Waals surface area contributed by atoms with E-state index in [2.05, 4.69) is 15.3 Å². The van der Waals surface area contributed by atoms with Crippen LogP contribution in [0.15, 0.2) is 36.7 Å². The van der Waals surface area contributed by atoms with Gasteiger partial charge in [-0.1, -0.05) is 6.07 Å². The lowest BCUT2D eigenvalue weighted by molar-refractivity contribution is 0.0671. The van der Waals surface area contributed by atoms with Gasteiger partial charge in [0.1, 0.15) is 5.82 Å². The van der Waals surface area contributed by atoms with Gasteiger partial charge in [-0.25, -0.2) is 19.2 Å². The Kier molecular flexibility index (Phi) is 5.49. The molecule has 9 heteroatoms. The first-order chi connectivity index (χ1) is 12.9. The average molecular weight is 372 g/mol. The summed E-state index contributed by atoms with van der Waals surface area (Å²) in [6.45, 7) is 1.56. The van der Waals surface area contributed by atoms with Crippen LogP contribution in [0.2, 0.25) is 0 Å². The molecule has 0 unspecified atom stereocenters. The molecular weight excluding hydrogens is 351 g/mol. The van der Waals surface area contributed by atoms with E-state index in [0.717, 1.165) is 0 Å². The highest BCUT2D eigenvalue weighted by Crippen LogP contribution is 2.12. The molecule has 0 saturated carbocycles. The normalized spacial score (nSPS) is 14.0. The Labute approximate surface area is 156 Å². The van der Waals surface area contributed by atoms with Crippen LogP contribution < -0.4 is 10.2 Å². The van der Waals surface area contributed by atoms with Crippen LogP contribution in [-0.4, -0.2) is 72.0 Å². The highest BCUT2D eigenvalue weighted by Gasteiger charge is 2.25. The van der Waals surface area contributed by atoms with E-state index in [1.165, 1.54) is 18.2 Å². The summed E-state index contributed by atoms with van der Waals surface area (Å²) in [5, 5.41) is 2.75. The van der Waals surface area contributed by atoms with Crippen LogP contribution in [0, 0.1) is 5.82 Å². The van der Waals surface area contributed by atoms with Crippen molar-refractivity contribution in [2.75, 3.05) is 50.5 Å². The monoisotopic (exact) mass is 372 g/mol. The number of rotatable bonds is 3. The number of aromatic nitrogens is 2. The van der Waals surface area contributed by atoms with Crippen molar-refractivity contribution in [1.29, 1.82) is 0 Å². The summed E-state index contributed by atoms with van der Waals surface area (Å²) >= 11 is 0. The van der Waals surface area contributed by atoms with Crippen molar-refractivity contribution in [1.82, 2.24) is 19.8 Å². The van der Waals surface area contributed by atoms with Gasteiger partial charge in [-0.15, -0.1) is 0 Å². The van der Waals surface area contributed by atoms with Crippen molar-refractivity contribution < 1.29 is 14.0 Å². The molecule has 1 aromatic carbocycles. The molecule has 1 aliphatic heterocycles. The Balaban J connectivity index is 1.54. The highest BCUT2D eigenvalue weighted by atomic mass is 19.1. The molecule has 1 saturated heterocycles. The van der Waals surface area contributed by atoms with Gasteiger partial charge in [0, 0.05) is 45.8 Å². The summed E-state index contributed by atoms with van der Waals surface area (Å²) in [5.41, 5.74) is 0.815. The average Bonchev–Trinajstić information content (AvgIpc) is 2.68. The van der Waals surface area contributed by atoms with Crippen molar-refractivity contribution in [3.05, 3.63) is 48.0 Å². The van der Waals surface area contributed by atoms with E-state index in [1.807, 2.05) is 14.1 Å². The smallest absolute Gasteiger partial charge is 0.322 e. The first kappa shape index (κ1) is 18.6. The Morgan fingerprint density at radius 2 is 1.70 bits per heavy atom. The third kappa shape index (κ3) is 4.49. The molecule has 3 rings (SSSR count). The van der Waals surface area contributed by atoms with Gasteiger partial charge < -0.3 is 20.0 Å². The molecule has 27 heavy (non-hydrogen) atoms. The van der Waals surface area contributed by atoms with E-state index in [-0.39, 0.29) is 11.9 Å². The van der Waals surface area contributed by atoms with Crippen LogP contribution in [0.25, 0.3) is 0 Å². The lowest BCUT2D eigenvalue weighted by Crippen LogP contribution is -2.51. The van der Waals surface area contributed by atoms with Crippen molar-refractivity contribution >= 4 is 23.6 Å². The fourth-order valence-corrected chi connectivity index (χ4v) is 2.74. The molecular formula is C18H21FN6O2. The van der Waals surface area contributed by atoms with Gasteiger partial charge in [-0.05, 0) is 18.2 Å². The fraction of sp³-hybridized carbons (Fsp3) is 0.333. The molecule has 2 aromatic rings. The summed E-state index contributed by atoms with van der Waals surface area (Å²) in [6.07, 6.45) is 3.09. The van der Waals surface area contributed by atoms with Crippen molar-refractivity contribution in [3.63, 3.8) is 0 Å². The number of nitrogens with one attached hydrogen (secondary N) is 1. The number of amides is 3. The number of carbonyl (C=O) groups is 2. The summed E-state index contributed by atoms with van der Waals surface area (Å²) < 4.78 is 13.3. The van der Waals surface area contributed by atoms with Gasteiger partial charge in [-0.2, -0.15) is 0 Å². The molecule has 3 amide bonds. The van der Waals surface area contributed by atoms with Crippen LogP contribution in [0.1, 0.15) is 10.4 Å². The maximum Gasteiger partial charge on any atom is 0.322 e. The number of urea groups is 1. The minimum atomic E-state index is -0.443. The predicted octanol–water partition coefficient (Wildman–Crippen LogP) is 1.67. The number of benzene rings is 1. The molecule has 0 bridgehead atoms. The second-order valence-corrected chi connectivity index (χ2v) is 6.39. The zero-order valence-corrected chi connectivity index (χ0v) is 15.2. The second-order valence-electron chi connectivity index (χ2n) is 6.39. The number of anilines is 2.